The largest absolute Gasteiger partial charge is 0.484 e. The van der Waals surface area contributed by atoms with Gasteiger partial charge in [-0.25, -0.2) is 0 Å². The summed E-state index contributed by atoms with van der Waals surface area (Å²) in [6.07, 6.45) is -4.71. The maximum absolute atomic E-state index is 12.6. The lowest BCUT2D eigenvalue weighted by Gasteiger charge is -2.12. The molecular weight excluding hydrogens is 355 g/mol. The number of nitro benzene ring substituents is 1. The van der Waals surface area contributed by atoms with Gasteiger partial charge in [-0.05, 0) is 36.8 Å². The van der Waals surface area contributed by atoms with E-state index in [1.165, 1.54) is 0 Å². The minimum absolute atomic E-state index is 0.285. The lowest BCUT2D eigenvalue weighted by Crippen LogP contribution is -2.33. The van der Waals surface area contributed by atoms with Gasteiger partial charge in [0.1, 0.15) is 11.4 Å². The quantitative estimate of drug-likeness (QED) is 0.601. The van der Waals surface area contributed by atoms with Crippen LogP contribution >= 0.6 is 0 Å². The summed E-state index contributed by atoms with van der Waals surface area (Å²) in [4.78, 5) is 21.7. The van der Waals surface area contributed by atoms with E-state index < -0.39 is 28.3 Å². The Hall–Kier alpha value is -3.30. The standard InChI is InChI=1S/C16H14F3N3O4/c1-10-3-2-4-12(7-10)26-9-15(23)21-20-13-6-5-11(16(17,18)19)8-14(13)22(24)25/h2-8,20H,9H2,1H3,(H,21,23). The van der Waals surface area contributed by atoms with E-state index in [1.54, 1.807) is 18.2 Å². The van der Waals surface area contributed by atoms with Crippen LogP contribution in [-0.2, 0) is 11.0 Å². The van der Waals surface area contributed by atoms with Gasteiger partial charge in [0.25, 0.3) is 11.6 Å². The van der Waals surface area contributed by atoms with E-state index in [-0.39, 0.29) is 12.3 Å². The SMILES string of the molecule is Cc1cccc(OCC(=O)NNc2ccc(C(F)(F)F)cc2[N+](=O)[O-])c1. The monoisotopic (exact) mass is 369 g/mol. The van der Waals surface area contributed by atoms with Crippen LogP contribution in [0.2, 0.25) is 0 Å². The number of hydrogen-bond donors (Lipinski definition) is 2. The van der Waals surface area contributed by atoms with Gasteiger partial charge in [-0.3, -0.25) is 25.8 Å². The number of carbonyl (C=O) groups is 1. The molecule has 138 valence electrons. The third kappa shape index (κ3) is 5.10. The van der Waals surface area contributed by atoms with Crippen LogP contribution in [0.15, 0.2) is 42.5 Å². The molecule has 2 aromatic carbocycles. The summed E-state index contributed by atoms with van der Waals surface area (Å²) in [5, 5.41) is 10.9. The highest BCUT2D eigenvalue weighted by molar-refractivity contribution is 5.79. The molecule has 0 fully saturated rings. The normalized spacial score (nSPS) is 10.9. The Labute approximate surface area is 145 Å². The number of alkyl halides is 3. The van der Waals surface area contributed by atoms with E-state index in [0.29, 0.717) is 17.9 Å². The molecule has 0 spiro atoms. The van der Waals surface area contributed by atoms with Crippen molar-refractivity contribution < 1.29 is 27.6 Å². The first-order chi connectivity index (χ1) is 12.2. The van der Waals surface area contributed by atoms with Gasteiger partial charge >= 0.3 is 6.18 Å². The number of benzene rings is 2. The summed E-state index contributed by atoms with van der Waals surface area (Å²) >= 11 is 0. The molecule has 26 heavy (non-hydrogen) atoms. The smallest absolute Gasteiger partial charge is 0.416 e. The van der Waals surface area contributed by atoms with Crippen molar-refractivity contribution in [1.29, 1.82) is 0 Å². The molecule has 0 aromatic heterocycles. The van der Waals surface area contributed by atoms with Crippen molar-refractivity contribution >= 4 is 17.3 Å². The van der Waals surface area contributed by atoms with Crippen molar-refractivity contribution in [2.45, 2.75) is 13.1 Å². The topological polar surface area (TPSA) is 93.5 Å². The van der Waals surface area contributed by atoms with Gasteiger partial charge < -0.3 is 4.74 Å². The average molecular weight is 369 g/mol. The van der Waals surface area contributed by atoms with Crippen molar-refractivity contribution in [3.05, 3.63) is 63.7 Å². The Morgan fingerprint density at radius 3 is 2.58 bits per heavy atom. The Morgan fingerprint density at radius 1 is 1.23 bits per heavy atom. The molecule has 2 N–H and O–H groups in total. The zero-order chi connectivity index (χ0) is 19.3. The molecule has 0 atom stereocenters. The fraction of sp³-hybridized carbons (Fsp3) is 0.188. The zero-order valence-corrected chi connectivity index (χ0v) is 13.5. The van der Waals surface area contributed by atoms with Crippen LogP contribution in [0.3, 0.4) is 0 Å². The Bertz CT molecular complexity index is 825. The van der Waals surface area contributed by atoms with Crippen LogP contribution in [0.25, 0.3) is 0 Å². The number of aryl methyl sites for hydroxylation is 1. The molecular formula is C16H14F3N3O4. The Balaban J connectivity index is 1.99. The average Bonchev–Trinajstić information content (AvgIpc) is 2.57. The minimum Gasteiger partial charge on any atom is -0.484 e. The summed E-state index contributed by atoms with van der Waals surface area (Å²) in [5.41, 5.74) is 3.03. The number of hydrogen-bond acceptors (Lipinski definition) is 5. The van der Waals surface area contributed by atoms with E-state index in [9.17, 15) is 28.1 Å². The first kappa shape index (κ1) is 19.0. The molecule has 10 heteroatoms. The summed E-state index contributed by atoms with van der Waals surface area (Å²) in [5.74, 6) is -0.207. The van der Waals surface area contributed by atoms with Crippen molar-refractivity contribution in [2.24, 2.45) is 0 Å². The predicted molar refractivity (Wildman–Crippen MR) is 86.5 cm³/mol. The summed E-state index contributed by atoms with van der Waals surface area (Å²) in [7, 11) is 0. The molecule has 0 bridgehead atoms. The molecule has 0 unspecified atom stereocenters. The lowest BCUT2D eigenvalue weighted by molar-refractivity contribution is -0.384. The highest BCUT2D eigenvalue weighted by atomic mass is 19.4. The van der Waals surface area contributed by atoms with Crippen molar-refractivity contribution in [2.75, 3.05) is 12.0 Å². The highest BCUT2D eigenvalue weighted by Crippen LogP contribution is 2.34. The van der Waals surface area contributed by atoms with Gasteiger partial charge in [0, 0.05) is 6.07 Å². The first-order valence-electron chi connectivity index (χ1n) is 7.27. The fourth-order valence-corrected chi connectivity index (χ4v) is 1.99. The summed E-state index contributed by atoms with van der Waals surface area (Å²) in [6, 6.07) is 8.87. The minimum atomic E-state index is -4.71. The molecule has 0 radical (unpaired) electrons. The predicted octanol–water partition coefficient (Wildman–Crippen LogP) is 3.44. The number of anilines is 1. The Kier molecular flexibility index (Phi) is 5.65. The molecule has 0 heterocycles. The molecule has 1 amide bonds. The van der Waals surface area contributed by atoms with Crippen molar-refractivity contribution in [1.82, 2.24) is 5.43 Å². The molecule has 0 aliphatic rings. The summed E-state index contributed by atoms with van der Waals surface area (Å²) < 4.78 is 43.2. The van der Waals surface area contributed by atoms with Crippen LogP contribution in [0, 0.1) is 17.0 Å². The number of ether oxygens (including phenoxy) is 1. The van der Waals surface area contributed by atoms with E-state index in [0.717, 1.165) is 11.6 Å². The van der Waals surface area contributed by atoms with Gasteiger partial charge in [-0.15, -0.1) is 0 Å². The first-order valence-corrected chi connectivity index (χ1v) is 7.27. The molecule has 2 aromatic rings. The number of nitrogens with zero attached hydrogens (tertiary/aromatic N) is 1. The summed E-state index contributed by atoms with van der Waals surface area (Å²) in [6.45, 7) is 1.46. The second-order valence-corrected chi connectivity index (χ2v) is 5.27. The number of nitro groups is 1. The number of halogens is 3. The molecule has 0 aliphatic carbocycles. The van der Waals surface area contributed by atoms with Gasteiger partial charge in [0.05, 0.1) is 10.5 Å². The third-order valence-corrected chi connectivity index (χ3v) is 3.22. The van der Waals surface area contributed by atoms with Crippen LogP contribution in [-0.4, -0.2) is 17.4 Å². The van der Waals surface area contributed by atoms with Gasteiger partial charge in [-0.1, -0.05) is 12.1 Å². The molecule has 2 rings (SSSR count). The Morgan fingerprint density at radius 2 is 1.96 bits per heavy atom. The van der Waals surface area contributed by atoms with Gasteiger partial charge in [0.15, 0.2) is 6.61 Å². The van der Waals surface area contributed by atoms with Crippen LogP contribution in [0.5, 0.6) is 5.75 Å². The third-order valence-electron chi connectivity index (χ3n) is 3.22. The maximum atomic E-state index is 12.6. The fourth-order valence-electron chi connectivity index (χ4n) is 1.99. The zero-order valence-electron chi connectivity index (χ0n) is 13.5. The number of nitrogens with one attached hydrogen (secondary N) is 2. The van der Waals surface area contributed by atoms with Gasteiger partial charge in [-0.2, -0.15) is 13.2 Å². The van der Waals surface area contributed by atoms with Crippen molar-refractivity contribution in [3.8, 4) is 5.75 Å². The van der Waals surface area contributed by atoms with E-state index in [1.807, 2.05) is 13.0 Å². The highest BCUT2D eigenvalue weighted by Gasteiger charge is 2.33. The van der Waals surface area contributed by atoms with Crippen LogP contribution in [0.4, 0.5) is 24.5 Å². The number of hydrazine groups is 1. The molecule has 7 nitrogen and oxygen atoms in total. The maximum Gasteiger partial charge on any atom is 0.416 e. The molecule has 0 saturated heterocycles. The van der Waals surface area contributed by atoms with E-state index in [2.05, 4.69) is 10.9 Å². The van der Waals surface area contributed by atoms with Gasteiger partial charge in [0.2, 0.25) is 0 Å². The number of rotatable bonds is 6. The van der Waals surface area contributed by atoms with E-state index >= 15 is 0 Å². The van der Waals surface area contributed by atoms with Crippen molar-refractivity contribution in [3.63, 3.8) is 0 Å². The van der Waals surface area contributed by atoms with Crippen LogP contribution < -0.4 is 15.6 Å². The molecule has 0 saturated carbocycles. The second kappa shape index (κ2) is 7.72. The number of amides is 1. The van der Waals surface area contributed by atoms with E-state index in [4.69, 9.17) is 4.74 Å². The number of carbonyl (C=O) groups excluding carboxylic acids is 1. The lowest BCUT2D eigenvalue weighted by atomic mass is 10.1. The molecule has 0 aliphatic heterocycles. The van der Waals surface area contributed by atoms with Crippen LogP contribution in [0.1, 0.15) is 11.1 Å². The second-order valence-electron chi connectivity index (χ2n) is 5.27.